The predicted molar refractivity (Wildman–Crippen MR) is 60.1 cm³/mol. The smallest absolute Gasteiger partial charge is 0.0837 e. The van der Waals surface area contributed by atoms with Crippen LogP contribution in [0.2, 0.25) is 0 Å². The summed E-state index contributed by atoms with van der Waals surface area (Å²) in [5.74, 6) is 0.729. The summed E-state index contributed by atoms with van der Waals surface area (Å²) in [6, 6.07) is 0. The zero-order valence-electron chi connectivity index (χ0n) is 10.4. The molecule has 0 amide bonds. The fourth-order valence-electron chi connectivity index (χ4n) is 3.54. The van der Waals surface area contributed by atoms with Gasteiger partial charge < -0.3 is 14.6 Å². The van der Waals surface area contributed by atoms with Gasteiger partial charge >= 0.3 is 0 Å². The Morgan fingerprint density at radius 1 is 1.38 bits per heavy atom. The second kappa shape index (κ2) is 3.21. The molecule has 5 atom stereocenters. The molecule has 0 spiro atoms. The molecular formula is C13H22O3. The third-order valence-corrected chi connectivity index (χ3v) is 4.94. The summed E-state index contributed by atoms with van der Waals surface area (Å²) in [7, 11) is 0. The van der Waals surface area contributed by atoms with Crippen LogP contribution in [0, 0.1) is 11.8 Å². The largest absolute Gasteiger partial charge is 0.389 e. The highest BCUT2D eigenvalue weighted by Crippen LogP contribution is 2.52. The fourth-order valence-corrected chi connectivity index (χ4v) is 3.54. The molecular weight excluding hydrogens is 204 g/mol. The molecule has 1 aliphatic carbocycles. The lowest BCUT2D eigenvalue weighted by Gasteiger charge is -2.41. The van der Waals surface area contributed by atoms with Gasteiger partial charge in [-0.1, -0.05) is 6.92 Å². The highest BCUT2D eigenvalue weighted by molar-refractivity contribution is 5.06. The Morgan fingerprint density at radius 2 is 2.06 bits per heavy atom. The van der Waals surface area contributed by atoms with Gasteiger partial charge in [0.2, 0.25) is 0 Å². The summed E-state index contributed by atoms with van der Waals surface area (Å²) in [5.41, 5.74) is -0.629. The number of ether oxygens (including phenoxy) is 2. The third kappa shape index (κ3) is 1.60. The minimum absolute atomic E-state index is 0.0617. The predicted octanol–water partition coefficient (Wildman–Crippen LogP) is 1.73. The molecule has 3 aliphatic rings. The maximum absolute atomic E-state index is 10.8. The molecule has 0 unspecified atom stereocenters. The van der Waals surface area contributed by atoms with E-state index in [1.807, 2.05) is 0 Å². The molecule has 1 N–H and O–H groups in total. The second-order valence-corrected chi connectivity index (χ2v) is 6.45. The van der Waals surface area contributed by atoms with E-state index in [0.717, 1.165) is 25.9 Å². The number of epoxide rings is 1. The average molecular weight is 226 g/mol. The molecule has 3 fully saturated rings. The van der Waals surface area contributed by atoms with E-state index in [1.54, 1.807) is 0 Å². The molecule has 3 heteroatoms. The highest BCUT2D eigenvalue weighted by Gasteiger charge is 2.56. The van der Waals surface area contributed by atoms with Crippen molar-refractivity contribution in [2.24, 2.45) is 11.8 Å². The maximum Gasteiger partial charge on any atom is 0.0837 e. The van der Waals surface area contributed by atoms with Crippen LogP contribution >= 0.6 is 0 Å². The minimum atomic E-state index is -0.567. The van der Waals surface area contributed by atoms with Crippen LogP contribution in [0.5, 0.6) is 0 Å². The number of hydrogen-bond acceptors (Lipinski definition) is 3. The molecule has 3 nitrogen and oxygen atoms in total. The van der Waals surface area contributed by atoms with Gasteiger partial charge in [0.15, 0.2) is 0 Å². The van der Waals surface area contributed by atoms with Gasteiger partial charge in [0.1, 0.15) is 0 Å². The Labute approximate surface area is 97.1 Å². The van der Waals surface area contributed by atoms with E-state index in [4.69, 9.17) is 9.47 Å². The van der Waals surface area contributed by atoms with Crippen LogP contribution < -0.4 is 0 Å². The third-order valence-electron chi connectivity index (χ3n) is 4.94. The molecule has 1 saturated carbocycles. The maximum atomic E-state index is 10.8. The molecule has 0 aromatic rings. The summed E-state index contributed by atoms with van der Waals surface area (Å²) in [4.78, 5) is 0. The van der Waals surface area contributed by atoms with Crippen LogP contribution in [0.3, 0.4) is 0 Å². The van der Waals surface area contributed by atoms with E-state index in [-0.39, 0.29) is 17.6 Å². The van der Waals surface area contributed by atoms with Gasteiger partial charge in [0, 0.05) is 12.3 Å². The van der Waals surface area contributed by atoms with Crippen molar-refractivity contribution < 1.29 is 14.6 Å². The van der Waals surface area contributed by atoms with Crippen LogP contribution in [0.1, 0.15) is 40.0 Å². The van der Waals surface area contributed by atoms with Crippen molar-refractivity contribution in [1.82, 2.24) is 0 Å². The van der Waals surface area contributed by atoms with Crippen molar-refractivity contribution >= 4 is 0 Å². The summed E-state index contributed by atoms with van der Waals surface area (Å²) < 4.78 is 11.3. The zero-order chi connectivity index (χ0) is 11.6. The van der Waals surface area contributed by atoms with E-state index in [2.05, 4.69) is 20.8 Å². The lowest BCUT2D eigenvalue weighted by molar-refractivity contribution is -0.0964. The normalized spacial score (nSPS) is 54.0. The van der Waals surface area contributed by atoms with Crippen molar-refractivity contribution in [3.8, 4) is 0 Å². The fraction of sp³-hybridized carbons (Fsp3) is 1.00. The highest BCUT2D eigenvalue weighted by atomic mass is 16.6. The molecule has 2 saturated heterocycles. The van der Waals surface area contributed by atoms with Gasteiger partial charge in [-0.25, -0.2) is 0 Å². The van der Waals surface area contributed by atoms with Gasteiger partial charge in [-0.15, -0.1) is 0 Å². The van der Waals surface area contributed by atoms with E-state index in [0.29, 0.717) is 12.0 Å². The standard InChI is InChI=1S/C13H22O3/c1-8-11-4-9(12(2,3)16-11)5-13(8,14)6-10-7-15-10/h8-11,14H,4-7H2,1-3H3/t8-,9+,10-,11-,13-/m0/s1. The van der Waals surface area contributed by atoms with Crippen LogP contribution in [-0.4, -0.2) is 35.1 Å². The average Bonchev–Trinajstić information content (AvgIpc) is 2.91. The molecule has 2 bridgehead atoms. The second-order valence-electron chi connectivity index (χ2n) is 6.45. The molecule has 3 rings (SSSR count). The summed E-state index contributed by atoms with van der Waals surface area (Å²) in [6.45, 7) is 7.27. The molecule has 0 radical (unpaired) electrons. The molecule has 2 aliphatic heterocycles. The first kappa shape index (κ1) is 11.0. The molecule has 2 heterocycles. The van der Waals surface area contributed by atoms with Crippen molar-refractivity contribution in [3.63, 3.8) is 0 Å². The summed E-state index contributed by atoms with van der Waals surface area (Å²) >= 11 is 0. The summed E-state index contributed by atoms with van der Waals surface area (Å²) in [5, 5.41) is 10.8. The number of fused-ring (bicyclic) bond motifs is 2. The van der Waals surface area contributed by atoms with Crippen LogP contribution in [0.15, 0.2) is 0 Å². The quantitative estimate of drug-likeness (QED) is 0.729. The number of hydrogen-bond donors (Lipinski definition) is 1. The number of rotatable bonds is 2. The zero-order valence-corrected chi connectivity index (χ0v) is 10.4. The molecule has 92 valence electrons. The van der Waals surface area contributed by atoms with Gasteiger partial charge in [-0.3, -0.25) is 0 Å². The van der Waals surface area contributed by atoms with Gasteiger partial charge in [-0.05, 0) is 32.6 Å². The first-order chi connectivity index (χ1) is 7.41. The van der Waals surface area contributed by atoms with Gasteiger partial charge in [0.25, 0.3) is 0 Å². The van der Waals surface area contributed by atoms with Crippen molar-refractivity contribution in [1.29, 1.82) is 0 Å². The van der Waals surface area contributed by atoms with Crippen LogP contribution in [-0.2, 0) is 9.47 Å². The number of aliphatic hydroxyl groups is 1. The van der Waals surface area contributed by atoms with Gasteiger partial charge in [-0.2, -0.15) is 0 Å². The molecule has 16 heavy (non-hydrogen) atoms. The van der Waals surface area contributed by atoms with E-state index >= 15 is 0 Å². The molecule has 0 aromatic heterocycles. The Balaban J connectivity index is 1.81. The van der Waals surface area contributed by atoms with Crippen molar-refractivity contribution in [2.75, 3.05) is 6.61 Å². The SMILES string of the molecule is C[C@H]1[C@@H]2C[C@H](C[C@]1(O)C[C@H]1CO1)C(C)(C)O2. The first-order valence-electron chi connectivity index (χ1n) is 6.42. The Kier molecular flexibility index (Phi) is 2.21. The lowest BCUT2D eigenvalue weighted by Crippen LogP contribution is -2.47. The van der Waals surface area contributed by atoms with Crippen molar-refractivity contribution in [2.45, 2.75) is 63.4 Å². The Hall–Kier alpha value is -0.120. The van der Waals surface area contributed by atoms with E-state index in [1.165, 1.54) is 0 Å². The van der Waals surface area contributed by atoms with Gasteiger partial charge in [0.05, 0.1) is 30.0 Å². The topological polar surface area (TPSA) is 42.0 Å². The lowest BCUT2D eigenvalue weighted by atomic mass is 9.67. The Morgan fingerprint density at radius 3 is 2.69 bits per heavy atom. The van der Waals surface area contributed by atoms with E-state index in [9.17, 15) is 5.11 Å². The monoisotopic (exact) mass is 226 g/mol. The van der Waals surface area contributed by atoms with E-state index < -0.39 is 5.60 Å². The minimum Gasteiger partial charge on any atom is -0.389 e. The summed E-state index contributed by atoms with van der Waals surface area (Å²) in [6.07, 6.45) is 3.31. The van der Waals surface area contributed by atoms with Crippen molar-refractivity contribution in [3.05, 3.63) is 0 Å². The Bertz CT molecular complexity index is 298. The van der Waals surface area contributed by atoms with Crippen LogP contribution in [0.4, 0.5) is 0 Å². The molecule has 0 aromatic carbocycles. The first-order valence-corrected chi connectivity index (χ1v) is 6.42. The van der Waals surface area contributed by atoms with Crippen LogP contribution in [0.25, 0.3) is 0 Å².